The summed E-state index contributed by atoms with van der Waals surface area (Å²) in [4.78, 5) is 0. The normalized spacial score (nSPS) is 56.0. The van der Waals surface area contributed by atoms with Gasteiger partial charge in [-0.15, -0.1) is 0 Å². The third kappa shape index (κ3) is 8.72. The van der Waals surface area contributed by atoms with E-state index in [9.17, 15) is 40.9 Å². The molecular weight excluding hydrogens is 909 g/mol. The van der Waals surface area contributed by atoms with Crippen LogP contribution in [0.2, 0.25) is 0 Å². The molecular formula is C49H82O20. The summed E-state index contributed by atoms with van der Waals surface area (Å²) in [5.74, 6) is -0.776. The zero-order chi connectivity index (χ0) is 50.4. The van der Waals surface area contributed by atoms with E-state index in [1.807, 2.05) is 27.7 Å². The predicted molar refractivity (Wildman–Crippen MR) is 240 cm³/mol. The standard InChI is InChI=1S/C49H82O20/c1-23-37(52)42(61-11)38(53)43(65-23)69-41-26(4)64-36(20-31(41)60-10)68-40-25(3)63-35(19-30(40)59-9)67-39-24(2)62-34(18-29(39)58-8)66-28-12-13-44(6)32-21-33(51)45(7)47(55,27(5)50)16-17-49(45,57)48(32,56)15-14-46(44,54)22-28/h14-15,23-43,50-57H,12-13,16-22H2,1-11H3/t23-,24-,25-,26-,27+,28+,29+,30+,31-,32-,33-,34+,35+,36+,37-,38-,39-,40-,41-,42+,43+,44-,45-,46-,47-,48+,49-/m1/s1. The van der Waals surface area contributed by atoms with E-state index in [0.717, 1.165) is 0 Å². The maximum absolute atomic E-state index is 12.5. The van der Waals surface area contributed by atoms with E-state index in [2.05, 4.69) is 0 Å². The molecule has 0 aromatic rings. The quantitative estimate of drug-likeness (QED) is 0.118. The van der Waals surface area contributed by atoms with Gasteiger partial charge in [-0.25, -0.2) is 0 Å². The van der Waals surface area contributed by atoms with Crippen molar-refractivity contribution < 1.29 is 97.7 Å². The van der Waals surface area contributed by atoms with E-state index in [-0.39, 0.29) is 25.7 Å². The number of methoxy groups -OCH3 is 4. The molecule has 0 bridgehead atoms. The number of ether oxygens (including phenoxy) is 12. The number of fused-ring (bicyclic) bond motifs is 5. The monoisotopic (exact) mass is 991 g/mol. The molecule has 4 aliphatic heterocycles. The van der Waals surface area contributed by atoms with E-state index >= 15 is 0 Å². The minimum Gasteiger partial charge on any atom is -0.392 e. The fourth-order valence-corrected chi connectivity index (χ4v) is 14.1. The van der Waals surface area contributed by atoms with Gasteiger partial charge in [0.25, 0.3) is 0 Å². The van der Waals surface area contributed by atoms with Gasteiger partial charge >= 0.3 is 0 Å². The van der Waals surface area contributed by atoms with Crippen LogP contribution in [0, 0.1) is 16.7 Å². The van der Waals surface area contributed by atoms with E-state index in [0.29, 0.717) is 32.1 Å². The molecule has 4 aliphatic carbocycles. The van der Waals surface area contributed by atoms with Crippen LogP contribution in [-0.4, -0.2) is 215 Å². The van der Waals surface area contributed by atoms with E-state index in [1.165, 1.54) is 20.1 Å². The van der Waals surface area contributed by atoms with Crippen molar-refractivity contribution in [3.63, 3.8) is 0 Å². The van der Waals surface area contributed by atoms with Crippen molar-refractivity contribution in [2.45, 2.75) is 251 Å². The molecule has 4 saturated heterocycles. The summed E-state index contributed by atoms with van der Waals surface area (Å²) in [6, 6.07) is 0. The summed E-state index contributed by atoms with van der Waals surface area (Å²) in [6.07, 6.45) is -9.72. The summed E-state index contributed by atoms with van der Waals surface area (Å²) in [5, 5.41) is 92.9. The highest BCUT2D eigenvalue weighted by Crippen LogP contribution is 2.71. The van der Waals surface area contributed by atoms with Crippen molar-refractivity contribution in [1.29, 1.82) is 0 Å². The van der Waals surface area contributed by atoms with Crippen molar-refractivity contribution in [1.82, 2.24) is 0 Å². The van der Waals surface area contributed by atoms with Crippen LogP contribution in [0.3, 0.4) is 0 Å². The predicted octanol–water partition coefficient (Wildman–Crippen LogP) is 0.705. The highest BCUT2D eigenvalue weighted by Gasteiger charge is 2.81. The Labute approximate surface area is 405 Å². The number of hydrogen-bond donors (Lipinski definition) is 8. The Morgan fingerprint density at radius 3 is 1.58 bits per heavy atom. The molecule has 8 N–H and O–H groups in total. The van der Waals surface area contributed by atoms with Gasteiger partial charge in [-0.1, -0.05) is 26.0 Å². The lowest BCUT2D eigenvalue weighted by molar-refractivity contribution is -0.356. The zero-order valence-electron chi connectivity index (χ0n) is 42.1. The molecule has 69 heavy (non-hydrogen) atoms. The minimum atomic E-state index is -1.98. The summed E-state index contributed by atoms with van der Waals surface area (Å²) >= 11 is 0. The molecule has 0 unspecified atom stereocenters. The van der Waals surface area contributed by atoms with Crippen molar-refractivity contribution in [3.05, 3.63) is 12.2 Å². The highest BCUT2D eigenvalue weighted by molar-refractivity contribution is 5.38. The lowest BCUT2D eigenvalue weighted by Crippen LogP contribution is -2.79. The van der Waals surface area contributed by atoms with Crippen LogP contribution in [0.1, 0.15) is 106 Å². The van der Waals surface area contributed by atoms with Gasteiger partial charge in [-0.2, -0.15) is 0 Å². The Morgan fingerprint density at radius 2 is 1.09 bits per heavy atom. The Balaban J connectivity index is 0.860. The van der Waals surface area contributed by atoms with Crippen LogP contribution >= 0.6 is 0 Å². The zero-order valence-corrected chi connectivity index (χ0v) is 42.1. The molecule has 0 amide bonds. The first-order chi connectivity index (χ1) is 32.4. The van der Waals surface area contributed by atoms with Crippen LogP contribution in [0.5, 0.6) is 0 Å². The van der Waals surface area contributed by atoms with Gasteiger partial charge in [-0.05, 0) is 66.7 Å². The molecule has 3 saturated carbocycles. The lowest BCUT2D eigenvalue weighted by atomic mass is 9.41. The van der Waals surface area contributed by atoms with Gasteiger partial charge in [-0.3, -0.25) is 0 Å². The van der Waals surface area contributed by atoms with Gasteiger partial charge in [0.15, 0.2) is 25.2 Å². The second-order valence-electron chi connectivity index (χ2n) is 22.0. The van der Waals surface area contributed by atoms with E-state index in [4.69, 9.17) is 56.8 Å². The third-order valence-electron chi connectivity index (χ3n) is 18.6. The Bertz CT molecular complexity index is 1800. The van der Waals surface area contributed by atoms with Crippen LogP contribution in [0.15, 0.2) is 12.2 Å². The second kappa shape index (κ2) is 19.9. The average Bonchev–Trinajstić information content (AvgIpc) is 3.53. The molecule has 398 valence electrons. The molecule has 8 aliphatic rings. The number of aliphatic hydroxyl groups is 8. The third-order valence-corrected chi connectivity index (χ3v) is 18.6. The molecule has 20 heteroatoms. The smallest absolute Gasteiger partial charge is 0.187 e. The van der Waals surface area contributed by atoms with Gasteiger partial charge in [0, 0.05) is 65.5 Å². The molecule has 0 aromatic heterocycles. The fourth-order valence-electron chi connectivity index (χ4n) is 14.1. The first-order valence-corrected chi connectivity index (χ1v) is 25.1. The molecule has 20 nitrogen and oxygen atoms in total. The van der Waals surface area contributed by atoms with Crippen LogP contribution in [-0.2, 0) is 56.8 Å². The van der Waals surface area contributed by atoms with E-state index in [1.54, 1.807) is 41.3 Å². The van der Waals surface area contributed by atoms with Crippen LogP contribution in [0.4, 0.5) is 0 Å². The molecule has 4 heterocycles. The van der Waals surface area contributed by atoms with Crippen molar-refractivity contribution >= 4 is 0 Å². The Morgan fingerprint density at radius 1 is 0.580 bits per heavy atom. The number of hydrogen-bond acceptors (Lipinski definition) is 20. The minimum absolute atomic E-state index is 0.00526. The number of aliphatic hydroxyl groups excluding tert-OH is 4. The number of rotatable bonds is 13. The largest absolute Gasteiger partial charge is 0.392 e. The molecule has 0 spiro atoms. The topological polar surface area (TPSA) is 273 Å². The van der Waals surface area contributed by atoms with Crippen LogP contribution in [0.25, 0.3) is 0 Å². The molecule has 0 aromatic carbocycles. The Hall–Kier alpha value is -1.06. The lowest BCUT2D eigenvalue weighted by Gasteiger charge is -2.68. The summed E-state index contributed by atoms with van der Waals surface area (Å²) in [7, 11) is 6.19. The molecule has 0 radical (unpaired) electrons. The van der Waals surface area contributed by atoms with Gasteiger partial charge in [0.1, 0.15) is 53.4 Å². The van der Waals surface area contributed by atoms with Gasteiger partial charge < -0.3 is 97.7 Å². The van der Waals surface area contributed by atoms with Crippen molar-refractivity contribution in [3.8, 4) is 0 Å². The van der Waals surface area contributed by atoms with Crippen molar-refractivity contribution in [2.24, 2.45) is 16.7 Å². The summed E-state index contributed by atoms with van der Waals surface area (Å²) in [5.41, 5.74) is -9.83. The molecule has 7 fully saturated rings. The summed E-state index contributed by atoms with van der Waals surface area (Å²) < 4.78 is 74.1. The van der Waals surface area contributed by atoms with Gasteiger partial charge in [0.2, 0.25) is 0 Å². The SMILES string of the molecule is CO[C@@H]1[C@@H](O)[C@H](O[C@@H]2[C@@H](C)O[C@@H](O[C@H]3[C@@H](OC)C[C@H](O[C@H]4[C@@H](OC)C[C@H](O[C@H]5CC[C@]6(C)[C@H]7C[C@@H](O)[C@@]8(C)[C@](O)(CC[C@@]8(O)[C@H](C)O)[C@]7(O)C=C[C@@]6(O)C5)O[C@@H]4C)O[C@@H]3C)C[C@H]2OC)O[C@H](C)[C@H]1O. The van der Waals surface area contributed by atoms with Gasteiger partial charge in [0.05, 0.1) is 72.1 Å². The van der Waals surface area contributed by atoms with Crippen LogP contribution < -0.4 is 0 Å². The van der Waals surface area contributed by atoms with E-state index < -0.39 is 162 Å². The average molecular weight is 991 g/mol. The molecule has 8 rings (SSSR count). The fraction of sp³-hybridized carbons (Fsp3) is 0.959. The highest BCUT2D eigenvalue weighted by atomic mass is 16.8. The molecule has 27 atom stereocenters. The van der Waals surface area contributed by atoms with Crippen molar-refractivity contribution in [2.75, 3.05) is 28.4 Å². The summed E-state index contributed by atoms with van der Waals surface area (Å²) in [6.45, 7) is 12.1. The first-order valence-electron chi connectivity index (χ1n) is 25.1. The first kappa shape index (κ1) is 54.2. The maximum Gasteiger partial charge on any atom is 0.187 e. The second-order valence-corrected chi connectivity index (χ2v) is 22.0. The maximum atomic E-state index is 12.5. The Kier molecular flexibility index (Phi) is 15.6.